The zero-order valence-corrected chi connectivity index (χ0v) is 17.2. The summed E-state index contributed by atoms with van der Waals surface area (Å²) >= 11 is 0. The fourth-order valence-electron chi connectivity index (χ4n) is 4.15. The van der Waals surface area contributed by atoms with Crippen molar-refractivity contribution in [3.8, 4) is 0 Å². The van der Waals surface area contributed by atoms with E-state index in [2.05, 4.69) is 12.2 Å². The summed E-state index contributed by atoms with van der Waals surface area (Å²) < 4.78 is 5.18. The first kappa shape index (κ1) is 20.2. The molecule has 1 N–H and O–H groups in total. The number of rotatable bonds is 5. The standard InChI is InChI=1S/C23H27N3O4/c1-2-16-5-7-19(8-6-16)26-15-17(14-21(26)27)22(28)24-18-9-11-25(12-10-18)23(29)20-4-3-13-30-20/h3-8,13,17-18H,2,9-12,14-15H2,1H3,(H,24,28). The fraction of sp³-hybridized carbons (Fsp3) is 0.435. The van der Waals surface area contributed by atoms with Crippen molar-refractivity contribution in [2.75, 3.05) is 24.5 Å². The van der Waals surface area contributed by atoms with Crippen molar-refractivity contribution in [1.29, 1.82) is 0 Å². The molecule has 2 aliphatic heterocycles. The zero-order chi connectivity index (χ0) is 21.1. The van der Waals surface area contributed by atoms with Crippen molar-refractivity contribution in [2.45, 2.75) is 38.6 Å². The second kappa shape index (κ2) is 8.73. The van der Waals surface area contributed by atoms with Crippen LogP contribution in [0.1, 0.15) is 42.3 Å². The Hall–Kier alpha value is -3.09. The van der Waals surface area contributed by atoms with Crippen LogP contribution in [0.2, 0.25) is 0 Å². The summed E-state index contributed by atoms with van der Waals surface area (Å²) in [5.74, 6) is -0.207. The number of hydrogen-bond donors (Lipinski definition) is 1. The van der Waals surface area contributed by atoms with Crippen LogP contribution >= 0.6 is 0 Å². The number of carbonyl (C=O) groups is 3. The van der Waals surface area contributed by atoms with Crippen LogP contribution in [0.5, 0.6) is 0 Å². The van der Waals surface area contributed by atoms with E-state index in [0.29, 0.717) is 38.2 Å². The van der Waals surface area contributed by atoms with E-state index in [4.69, 9.17) is 4.42 Å². The Bertz CT molecular complexity index is 899. The third-order valence-corrected chi connectivity index (χ3v) is 6.01. The molecule has 2 aliphatic rings. The Kier molecular flexibility index (Phi) is 5.88. The first-order valence-electron chi connectivity index (χ1n) is 10.6. The zero-order valence-electron chi connectivity index (χ0n) is 17.2. The van der Waals surface area contributed by atoms with Crippen LogP contribution in [0.4, 0.5) is 5.69 Å². The predicted octanol–water partition coefficient (Wildman–Crippen LogP) is 2.62. The molecule has 0 radical (unpaired) electrons. The number of nitrogens with zero attached hydrogens (tertiary/aromatic N) is 2. The number of furan rings is 1. The SMILES string of the molecule is CCc1ccc(N2CC(C(=O)NC3CCN(C(=O)c4ccco4)CC3)CC2=O)cc1. The average molecular weight is 409 g/mol. The number of hydrogen-bond acceptors (Lipinski definition) is 4. The predicted molar refractivity (Wildman–Crippen MR) is 112 cm³/mol. The first-order chi connectivity index (χ1) is 14.5. The molecule has 1 unspecified atom stereocenters. The van der Waals surface area contributed by atoms with Gasteiger partial charge in [0.15, 0.2) is 5.76 Å². The summed E-state index contributed by atoms with van der Waals surface area (Å²) in [6.07, 6.45) is 4.06. The summed E-state index contributed by atoms with van der Waals surface area (Å²) in [5, 5.41) is 3.09. The lowest BCUT2D eigenvalue weighted by Gasteiger charge is -2.32. The Morgan fingerprint density at radius 3 is 2.50 bits per heavy atom. The van der Waals surface area contributed by atoms with Gasteiger partial charge in [0.2, 0.25) is 11.8 Å². The molecule has 1 aromatic carbocycles. The van der Waals surface area contributed by atoms with E-state index in [1.165, 1.54) is 11.8 Å². The highest BCUT2D eigenvalue weighted by Crippen LogP contribution is 2.26. The molecule has 0 aliphatic carbocycles. The van der Waals surface area contributed by atoms with Crippen LogP contribution in [0.3, 0.4) is 0 Å². The lowest BCUT2D eigenvalue weighted by Crippen LogP contribution is -2.48. The average Bonchev–Trinajstić information content (AvgIpc) is 3.44. The van der Waals surface area contributed by atoms with Gasteiger partial charge in [-0.2, -0.15) is 0 Å². The van der Waals surface area contributed by atoms with Gasteiger partial charge in [0.1, 0.15) is 0 Å². The number of benzene rings is 1. The maximum absolute atomic E-state index is 12.8. The van der Waals surface area contributed by atoms with Gasteiger partial charge in [0, 0.05) is 37.8 Å². The molecule has 158 valence electrons. The van der Waals surface area contributed by atoms with Gasteiger partial charge in [-0.1, -0.05) is 19.1 Å². The number of amides is 3. The summed E-state index contributed by atoms with van der Waals surface area (Å²) in [4.78, 5) is 41.0. The number of piperidine rings is 1. The monoisotopic (exact) mass is 409 g/mol. The molecule has 1 aromatic heterocycles. The van der Waals surface area contributed by atoms with Gasteiger partial charge in [0.25, 0.3) is 5.91 Å². The van der Waals surface area contributed by atoms with E-state index in [1.807, 2.05) is 24.3 Å². The van der Waals surface area contributed by atoms with E-state index >= 15 is 0 Å². The molecule has 2 aromatic rings. The number of likely N-dealkylation sites (tertiary alicyclic amines) is 1. The molecule has 30 heavy (non-hydrogen) atoms. The summed E-state index contributed by atoms with van der Waals surface area (Å²) in [7, 11) is 0. The molecular formula is C23H27N3O4. The van der Waals surface area contributed by atoms with E-state index in [1.54, 1.807) is 21.9 Å². The molecule has 0 bridgehead atoms. The lowest BCUT2D eigenvalue weighted by molar-refractivity contribution is -0.127. The summed E-state index contributed by atoms with van der Waals surface area (Å²) in [6, 6.07) is 11.3. The van der Waals surface area contributed by atoms with E-state index < -0.39 is 0 Å². The second-order valence-electron chi connectivity index (χ2n) is 7.98. The Morgan fingerprint density at radius 2 is 1.87 bits per heavy atom. The fourth-order valence-corrected chi connectivity index (χ4v) is 4.15. The van der Waals surface area contributed by atoms with Crippen LogP contribution in [0.25, 0.3) is 0 Å². The normalized spacial score (nSPS) is 19.9. The molecule has 2 saturated heterocycles. The van der Waals surface area contributed by atoms with Crippen molar-refractivity contribution in [1.82, 2.24) is 10.2 Å². The van der Waals surface area contributed by atoms with Crippen LogP contribution in [0, 0.1) is 5.92 Å². The smallest absolute Gasteiger partial charge is 0.289 e. The number of nitrogens with one attached hydrogen (secondary N) is 1. The minimum atomic E-state index is -0.342. The molecule has 0 spiro atoms. The lowest BCUT2D eigenvalue weighted by atomic mass is 10.0. The summed E-state index contributed by atoms with van der Waals surface area (Å²) in [5.41, 5.74) is 2.06. The van der Waals surface area contributed by atoms with Crippen molar-refractivity contribution in [3.63, 3.8) is 0 Å². The molecule has 1 atom stereocenters. The van der Waals surface area contributed by atoms with Gasteiger partial charge in [0.05, 0.1) is 12.2 Å². The molecule has 7 nitrogen and oxygen atoms in total. The Morgan fingerprint density at radius 1 is 1.13 bits per heavy atom. The quantitative estimate of drug-likeness (QED) is 0.823. The van der Waals surface area contributed by atoms with E-state index in [9.17, 15) is 14.4 Å². The van der Waals surface area contributed by atoms with Gasteiger partial charge < -0.3 is 19.5 Å². The first-order valence-corrected chi connectivity index (χ1v) is 10.6. The van der Waals surface area contributed by atoms with Gasteiger partial charge in [-0.3, -0.25) is 14.4 Å². The highest BCUT2D eigenvalue weighted by Gasteiger charge is 2.36. The van der Waals surface area contributed by atoms with Crippen LogP contribution in [-0.2, 0) is 16.0 Å². The maximum atomic E-state index is 12.8. The summed E-state index contributed by atoms with van der Waals surface area (Å²) in [6.45, 7) is 3.65. The third-order valence-electron chi connectivity index (χ3n) is 6.01. The van der Waals surface area contributed by atoms with Crippen molar-refractivity contribution >= 4 is 23.4 Å². The van der Waals surface area contributed by atoms with Crippen LogP contribution in [0.15, 0.2) is 47.1 Å². The molecule has 7 heteroatoms. The molecule has 2 fully saturated rings. The van der Waals surface area contributed by atoms with Crippen LogP contribution < -0.4 is 10.2 Å². The molecule has 4 rings (SSSR count). The largest absolute Gasteiger partial charge is 0.459 e. The van der Waals surface area contributed by atoms with Crippen molar-refractivity contribution in [2.24, 2.45) is 5.92 Å². The minimum Gasteiger partial charge on any atom is -0.459 e. The minimum absolute atomic E-state index is 0.0155. The number of anilines is 1. The van der Waals surface area contributed by atoms with E-state index in [0.717, 1.165) is 12.1 Å². The highest BCUT2D eigenvalue weighted by molar-refractivity contribution is 6.00. The highest BCUT2D eigenvalue weighted by atomic mass is 16.3. The Labute approximate surface area is 176 Å². The van der Waals surface area contributed by atoms with Crippen molar-refractivity contribution < 1.29 is 18.8 Å². The topological polar surface area (TPSA) is 82.9 Å². The molecule has 3 heterocycles. The van der Waals surface area contributed by atoms with Crippen molar-refractivity contribution in [3.05, 3.63) is 54.0 Å². The second-order valence-corrected chi connectivity index (χ2v) is 7.98. The maximum Gasteiger partial charge on any atom is 0.289 e. The Balaban J connectivity index is 1.28. The molecular weight excluding hydrogens is 382 g/mol. The van der Waals surface area contributed by atoms with Gasteiger partial charge in [-0.15, -0.1) is 0 Å². The van der Waals surface area contributed by atoms with Gasteiger partial charge >= 0.3 is 0 Å². The van der Waals surface area contributed by atoms with Gasteiger partial charge in [-0.25, -0.2) is 0 Å². The van der Waals surface area contributed by atoms with E-state index in [-0.39, 0.29) is 36.1 Å². The number of aryl methyl sites for hydroxylation is 1. The molecule has 3 amide bonds. The molecule has 0 saturated carbocycles. The number of carbonyl (C=O) groups excluding carboxylic acids is 3. The van der Waals surface area contributed by atoms with Crippen LogP contribution in [-0.4, -0.2) is 48.3 Å². The third kappa shape index (κ3) is 4.25. The van der Waals surface area contributed by atoms with Gasteiger partial charge in [-0.05, 0) is 49.1 Å².